The molecule has 0 bridgehead atoms. The Kier molecular flexibility index (Phi) is 3.72. The third-order valence-corrected chi connectivity index (χ3v) is 3.90. The highest BCUT2D eigenvalue weighted by Crippen LogP contribution is 2.34. The van der Waals surface area contributed by atoms with E-state index in [1.807, 2.05) is 0 Å². The molecule has 0 saturated carbocycles. The number of likely N-dealkylation sites (tertiary alicyclic amines) is 1. The zero-order valence-corrected chi connectivity index (χ0v) is 11.1. The van der Waals surface area contributed by atoms with Gasteiger partial charge in [-0.05, 0) is 43.4 Å². The van der Waals surface area contributed by atoms with E-state index in [1.165, 1.54) is 18.5 Å². The minimum atomic E-state index is 0.353. The van der Waals surface area contributed by atoms with Gasteiger partial charge in [0.05, 0.1) is 0 Å². The monoisotopic (exact) mass is 233 g/mol. The number of nitrogens with zero attached hydrogens (tertiary/aromatic N) is 1. The topological polar surface area (TPSA) is 23.5 Å². The third-order valence-electron chi connectivity index (χ3n) is 3.90. The molecule has 2 rings (SSSR count). The van der Waals surface area contributed by atoms with Crippen LogP contribution in [0.1, 0.15) is 45.2 Å². The van der Waals surface area contributed by atoms with Crippen molar-refractivity contribution in [2.45, 2.75) is 45.7 Å². The van der Waals surface area contributed by atoms with E-state index in [2.05, 4.69) is 37.8 Å². The van der Waals surface area contributed by atoms with Crippen molar-refractivity contribution in [2.75, 3.05) is 6.54 Å². The van der Waals surface area contributed by atoms with E-state index < -0.39 is 0 Å². The van der Waals surface area contributed by atoms with Crippen molar-refractivity contribution in [3.63, 3.8) is 0 Å². The van der Waals surface area contributed by atoms with Gasteiger partial charge in [0.2, 0.25) is 0 Å². The molecule has 0 aromatic heterocycles. The van der Waals surface area contributed by atoms with Crippen molar-refractivity contribution in [3.05, 3.63) is 29.8 Å². The third kappa shape index (κ3) is 2.63. The summed E-state index contributed by atoms with van der Waals surface area (Å²) in [5, 5.41) is 9.36. The summed E-state index contributed by atoms with van der Waals surface area (Å²) in [4.78, 5) is 2.61. The fourth-order valence-electron chi connectivity index (χ4n) is 3.12. The molecule has 0 aliphatic carbocycles. The lowest BCUT2D eigenvalue weighted by Gasteiger charge is -2.31. The molecule has 0 amide bonds. The van der Waals surface area contributed by atoms with Gasteiger partial charge in [0.1, 0.15) is 5.75 Å². The highest BCUT2D eigenvalue weighted by molar-refractivity contribution is 5.28. The molecule has 2 heteroatoms. The number of benzene rings is 1. The molecule has 17 heavy (non-hydrogen) atoms. The van der Waals surface area contributed by atoms with Crippen molar-refractivity contribution in [1.29, 1.82) is 0 Å². The lowest BCUT2D eigenvalue weighted by molar-refractivity contribution is 0.182. The molecule has 1 saturated heterocycles. The first kappa shape index (κ1) is 12.4. The molecular weight excluding hydrogens is 210 g/mol. The average Bonchev–Trinajstić information content (AvgIpc) is 2.62. The van der Waals surface area contributed by atoms with Crippen molar-refractivity contribution in [1.82, 2.24) is 4.90 Å². The summed E-state index contributed by atoms with van der Waals surface area (Å²) in [7, 11) is 0. The second-order valence-electron chi connectivity index (χ2n) is 5.40. The number of hydrogen-bond acceptors (Lipinski definition) is 2. The Morgan fingerprint density at radius 2 is 1.94 bits per heavy atom. The van der Waals surface area contributed by atoms with Gasteiger partial charge in [-0.15, -0.1) is 0 Å². The van der Waals surface area contributed by atoms with Crippen molar-refractivity contribution in [2.24, 2.45) is 5.92 Å². The van der Waals surface area contributed by atoms with Gasteiger partial charge in [0.25, 0.3) is 0 Å². The standard InChI is InChI=1S/C15H23NO/c1-4-15(13-5-7-14(17)8-6-13)16-10-11(2)9-12(16)3/h5-8,11-12,15,17H,4,9-10H2,1-3H3. The van der Waals surface area contributed by atoms with Crippen LogP contribution < -0.4 is 0 Å². The lowest BCUT2D eigenvalue weighted by atomic mass is 10.0. The summed E-state index contributed by atoms with van der Waals surface area (Å²) >= 11 is 0. The van der Waals surface area contributed by atoms with E-state index in [4.69, 9.17) is 0 Å². The summed E-state index contributed by atoms with van der Waals surface area (Å²) in [6, 6.07) is 8.86. The Labute approximate surface area is 104 Å². The molecule has 0 radical (unpaired) electrons. The smallest absolute Gasteiger partial charge is 0.115 e. The van der Waals surface area contributed by atoms with Crippen LogP contribution in [0, 0.1) is 5.92 Å². The zero-order valence-electron chi connectivity index (χ0n) is 11.1. The van der Waals surface area contributed by atoms with Crippen molar-refractivity contribution < 1.29 is 5.11 Å². The Hall–Kier alpha value is -1.02. The summed E-state index contributed by atoms with van der Waals surface area (Å²) in [5.41, 5.74) is 1.33. The predicted octanol–water partition coefficient (Wildman–Crippen LogP) is 3.57. The van der Waals surface area contributed by atoms with Gasteiger partial charge < -0.3 is 5.11 Å². The Bertz CT molecular complexity index is 360. The van der Waals surface area contributed by atoms with E-state index in [0.29, 0.717) is 17.8 Å². The first-order valence-electron chi connectivity index (χ1n) is 6.66. The molecule has 1 aromatic rings. The molecule has 1 aliphatic heterocycles. The van der Waals surface area contributed by atoms with E-state index in [0.717, 1.165) is 12.3 Å². The van der Waals surface area contributed by atoms with E-state index in [9.17, 15) is 5.11 Å². The molecule has 3 unspecified atom stereocenters. The molecule has 1 fully saturated rings. The molecule has 1 heterocycles. The fraction of sp³-hybridized carbons (Fsp3) is 0.600. The maximum atomic E-state index is 9.36. The van der Waals surface area contributed by atoms with Gasteiger partial charge in [-0.25, -0.2) is 0 Å². The van der Waals surface area contributed by atoms with Gasteiger partial charge in [0.15, 0.2) is 0 Å². The molecular formula is C15H23NO. The van der Waals surface area contributed by atoms with E-state index >= 15 is 0 Å². The summed E-state index contributed by atoms with van der Waals surface area (Å²) < 4.78 is 0. The second kappa shape index (κ2) is 5.09. The predicted molar refractivity (Wildman–Crippen MR) is 71.1 cm³/mol. The average molecular weight is 233 g/mol. The normalized spacial score (nSPS) is 27.2. The molecule has 1 aromatic carbocycles. The maximum absolute atomic E-state index is 9.36. The van der Waals surface area contributed by atoms with Crippen LogP contribution in [-0.4, -0.2) is 22.6 Å². The Morgan fingerprint density at radius 1 is 1.29 bits per heavy atom. The highest BCUT2D eigenvalue weighted by atomic mass is 16.3. The van der Waals surface area contributed by atoms with E-state index in [-0.39, 0.29) is 0 Å². The summed E-state index contributed by atoms with van der Waals surface area (Å²) in [6.45, 7) is 8.10. The van der Waals surface area contributed by atoms with Crippen molar-refractivity contribution in [3.8, 4) is 5.75 Å². The SMILES string of the molecule is CCC(c1ccc(O)cc1)N1CC(C)CC1C. The molecule has 0 spiro atoms. The zero-order chi connectivity index (χ0) is 12.4. The number of aromatic hydroxyl groups is 1. The largest absolute Gasteiger partial charge is 0.508 e. The van der Waals surface area contributed by atoms with Crippen LogP contribution in [0.3, 0.4) is 0 Å². The molecule has 94 valence electrons. The molecule has 2 nitrogen and oxygen atoms in total. The van der Waals surface area contributed by atoms with Crippen LogP contribution >= 0.6 is 0 Å². The van der Waals surface area contributed by atoms with Gasteiger partial charge in [-0.2, -0.15) is 0 Å². The van der Waals surface area contributed by atoms with Crippen LogP contribution in [0.25, 0.3) is 0 Å². The van der Waals surface area contributed by atoms with E-state index in [1.54, 1.807) is 12.1 Å². The van der Waals surface area contributed by atoms with Crippen LogP contribution in [0.5, 0.6) is 5.75 Å². The Balaban J connectivity index is 2.18. The van der Waals surface area contributed by atoms with Crippen molar-refractivity contribution >= 4 is 0 Å². The van der Waals surface area contributed by atoms with Gasteiger partial charge in [0, 0.05) is 18.6 Å². The van der Waals surface area contributed by atoms with Gasteiger partial charge in [-0.1, -0.05) is 26.0 Å². The molecule has 1 N–H and O–H groups in total. The first-order chi connectivity index (χ1) is 8.11. The minimum absolute atomic E-state index is 0.353. The second-order valence-corrected chi connectivity index (χ2v) is 5.40. The lowest BCUT2D eigenvalue weighted by Crippen LogP contribution is -2.31. The molecule has 1 aliphatic rings. The summed E-state index contributed by atoms with van der Waals surface area (Å²) in [5.74, 6) is 1.16. The Morgan fingerprint density at radius 3 is 2.41 bits per heavy atom. The fourth-order valence-corrected chi connectivity index (χ4v) is 3.12. The minimum Gasteiger partial charge on any atom is -0.508 e. The molecule has 3 atom stereocenters. The first-order valence-corrected chi connectivity index (χ1v) is 6.66. The van der Waals surface area contributed by atoms with Crippen LogP contribution in [0.2, 0.25) is 0 Å². The quantitative estimate of drug-likeness (QED) is 0.862. The number of rotatable bonds is 3. The van der Waals surface area contributed by atoms with Crippen LogP contribution in [0.4, 0.5) is 0 Å². The maximum Gasteiger partial charge on any atom is 0.115 e. The highest BCUT2D eigenvalue weighted by Gasteiger charge is 2.31. The number of phenolic OH excluding ortho intramolecular Hbond substituents is 1. The summed E-state index contributed by atoms with van der Waals surface area (Å²) in [6.07, 6.45) is 2.43. The number of hydrogen-bond donors (Lipinski definition) is 1. The number of phenols is 1. The van der Waals surface area contributed by atoms with Gasteiger partial charge >= 0.3 is 0 Å². The van der Waals surface area contributed by atoms with Crippen LogP contribution in [-0.2, 0) is 0 Å². The van der Waals surface area contributed by atoms with Crippen LogP contribution in [0.15, 0.2) is 24.3 Å². The van der Waals surface area contributed by atoms with Gasteiger partial charge in [-0.3, -0.25) is 4.90 Å².